The molecule has 0 aliphatic rings. The van der Waals surface area contributed by atoms with Crippen LogP contribution in [0.5, 0.6) is 0 Å². The molecule has 1 nitrogen and oxygen atoms in total. The van der Waals surface area contributed by atoms with Crippen LogP contribution in [-0.2, 0) is 10.8 Å². The second kappa shape index (κ2) is 5.55. The molecule has 0 saturated carbocycles. The minimum atomic E-state index is -0.601. The molecule has 0 fully saturated rings. The molecule has 0 unspecified atom stereocenters. The van der Waals surface area contributed by atoms with Gasteiger partial charge >= 0.3 is 0 Å². The largest absolute Gasteiger partial charge is 0.356 e. The monoisotopic (exact) mass is 289 g/mol. The van der Waals surface area contributed by atoms with Crippen LogP contribution in [0.1, 0.15) is 63.6 Å². The van der Waals surface area contributed by atoms with Crippen molar-refractivity contribution in [3.63, 3.8) is 0 Å². The third-order valence-corrected chi connectivity index (χ3v) is 3.00. The standard InChI is InChI=1S/C20H27N/c1-19(2,3)15-7-11-17(12-8-15)21-18-13-9-16(10-14-18)20(4,5)6/h7-14,21H,1-6H3/i7D,8D,9D,10D,11D,12D,13D,14D. The third kappa shape index (κ3) is 4.10. The van der Waals surface area contributed by atoms with Crippen LogP contribution in [0.3, 0.4) is 0 Å². The highest BCUT2D eigenvalue weighted by Crippen LogP contribution is 2.27. The van der Waals surface area contributed by atoms with E-state index in [1.165, 1.54) is 0 Å². The zero-order valence-electron chi connectivity index (χ0n) is 21.5. The first-order valence-electron chi connectivity index (χ1n) is 11.0. The van der Waals surface area contributed by atoms with Crippen LogP contribution in [0.25, 0.3) is 0 Å². The number of hydrogen-bond donors (Lipinski definition) is 1. The fourth-order valence-corrected chi connectivity index (χ4v) is 1.62. The molecule has 0 atom stereocenters. The van der Waals surface area contributed by atoms with E-state index in [0.29, 0.717) is 0 Å². The van der Waals surface area contributed by atoms with Gasteiger partial charge in [0.05, 0.1) is 11.0 Å². The maximum atomic E-state index is 8.32. The Morgan fingerprint density at radius 2 is 0.905 bits per heavy atom. The maximum absolute atomic E-state index is 8.32. The molecule has 2 aromatic carbocycles. The average molecular weight is 289 g/mol. The van der Waals surface area contributed by atoms with Gasteiger partial charge in [-0.05, 0) is 46.1 Å². The Morgan fingerprint density at radius 3 is 1.14 bits per heavy atom. The summed E-state index contributed by atoms with van der Waals surface area (Å²) in [6.07, 6.45) is 0. The number of anilines is 2. The summed E-state index contributed by atoms with van der Waals surface area (Å²) in [5, 5.41) is 2.67. The van der Waals surface area contributed by atoms with Gasteiger partial charge in [-0.3, -0.25) is 0 Å². The van der Waals surface area contributed by atoms with Crippen molar-refractivity contribution < 1.29 is 11.0 Å². The number of hydrogen-bond acceptors (Lipinski definition) is 1. The normalized spacial score (nSPS) is 17.6. The van der Waals surface area contributed by atoms with Gasteiger partial charge in [0.2, 0.25) is 0 Å². The smallest absolute Gasteiger partial charge is 0.0645 e. The van der Waals surface area contributed by atoms with E-state index in [4.69, 9.17) is 11.0 Å². The number of rotatable bonds is 2. The Morgan fingerprint density at radius 1 is 0.619 bits per heavy atom. The summed E-state index contributed by atoms with van der Waals surface area (Å²) in [4.78, 5) is 0. The van der Waals surface area contributed by atoms with Crippen LogP contribution >= 0.6 is 0 Å². The Labute approximate surface area is 140 Å². The molecule has 21 heavy (non-hydrogen) atoms. The van der Waals surface area contributed by atoms with Crippen LogP contribution < -0.4 is 5.32 Å². The molecule has 1 heteroatoms. The van der Waals surface area contributed by atoms with Gasteiger partial charge in [0.1, 0.15) is 0 Å². The summed E-state index contributed by atoms with van der Waals surface area (Å²) in [6.45, 7) is 10.8. The lowest BCUT2D eigenvalue weighted by Gasteiger charge is -2.20. The molecule has 0 amide bonds. The molecule has 0 spiro atoms. The average Bonchev–Trinajstić information content (AvgIpc) is 2.55. The Hall–Kier alpha value is -1.76. The first kappa shape index (κ1) is 8.03. The minimum absolute atomic E-state index is 0.169. The Balaban J connectivity index is 2.77. The summed E-state index contributed by atoms with van der Waals surface area (Å²) in [7, 11) is 0. The zero-order chi connectivity index (χ0) is 22.6. The van der Waals surface area contributed by atoms with Gasteiger partial charge in [0.15, 0.2) is 0 Å². The van der Waals surface area contributed by atoms with Crippen molar-refractivity contribution in [2.75, 3.05) is 5.32 Å². The Bertz CT molecular complexity index is 846. The number of nitrogens with one attached hydrogen (secondary N) is 1. The van der Waals surface area contributed by atoms with E-state index in [1.807, 2.05) is 0 Å². The summed E-state index contributed by atoms with van der Waals surface area (Å²) in [6, 6.07) is -2.02. The van der Waals surface area contributed by atoms with Crippen LogP contribution in [0.2, 0.25) is 0 Å². The van der Waals surface area contributed by atoms with E-state index in [-0.39, 0.29) is 70.8 Å². The molecule has 0 radical (unpaired) electrons. The van der Waals surface area contributed by atoms with Crippen LogP contribution in [-0.4, -0.2) is 0 Å². The molecule has 0 bridgehead atoms. The number of benzene rings is 2. The van der Waals surface area contributed by atoms with Gasteiger partial charge in [-0.15, -0.1) is 0 Å². The lowest BCUT2D eigenvalue weighted by molar-refractivity contribution is 0.590. The predicted octanol–water partition coefficient (Wildman–Crippen LogP) is 6.03. The molecular formula is C20H27N. The highest BCUT2D eigenvalue weighted by molar-refractivity contribution is 5.60. The van der Waals surface area contributed by atoms with Crippen LogP contribution in [0.4, 0.5) is 11.4 Å². The topological polar surface area (TPSA) is 12.0 Å². The van der Waals surface area contributed by atoms with Gasteiger partial charge in [-0.25, -0.2) is 0 Å². The molecule has 112 valence electrons. The van der Waals surface area contributed by atoms with Crippen molar-refractivity contribution in [1.82, 2.24) is 0 Å². The highest BCUT2D eigenvalue weighted by atomic mass is 14.9. The third-order valence-electron chi connectivity index (χ3n) is 3.00. The Kier molecular flexibility index (Phi) is 2.12. The molecule has 0 aromatic heterocycles. The fraction of sp³-hybridized carbons (Fsp3) is 0.400. The van der Waals surface area contributed by atoms with Gasteiger partial charge < -0.3 is 5.32 Å². The van der Waals surface area contributed by atoms with Crippen molar-refractivity contribution >= 4 is 11.4 Å². The van der Waals surface area contributed by atoms with Crippen molar-refractivity contribution in [1.29, 1.82) is 0 Å². The van der Waals surface area contributed by atoms with Crippen molar-refractivity contribution in [2.45, 2.75) is 52.4 Å². The molecule has 0 aliphatic carbocycles. The van der Waals surface area contributed by atoms with E-state index in [1.54, 1.807) is 41.5 Å². The van der Waals surface area contributed by atoms with Crippen molar-refractivity contribution in [3.8, 4) is 0 Å². The molecular weight excluding hydrogens is 254 g/mol. The summed E-state index contributed by atoms with van der Waals surface area (Å²) < 4.78 is 66.5. The van der Waals surface area contributed by atoms with Gasteiger partial charge in [-0.2, -0.15) is 0 Å². The van der Waals surface area contributed by atoms with Crippen molar-refractivity contribution in [2.24, 2.45) is 0 Å². The van der Waals surface area contributed by atoms with Gasteiger partial charge in [0.25, 0.3) is 0 Å². The molecule has 2 aromatic rings. The van der Waals surface area contributed by atoms with Crippen LogP contribution in [0.15, 0.2) is 48.3 Å². The summed E-state index contributed by atoms with van der Waals surface area (Å²) in [5.41, 5.74) is -0.983. The summed E-state index contributed by atoms with van der Waals surface area (Å²) in [5.74, 6) is 0. The second-order valence-corrected chi connectivity index (χ2v) is 7.12. The molecule has 2 rings (SSSR count). The molecule has 1 N–H and O–H groups in total. The highest BCUT2D eigenvalue weighted by Gasteiger charge is 2.14. The molecule has 0 saturated heterocycles. The SMILES string of the molecule is [2H]c1c([2H])c(C(C)(C)C)c([2H])c([2H])c1Nc1c([2H])c([2H])c(C(C)(C)C)c([2H])c1[2H]. The van der Waals surface area contributed by atoms with Gasteiger partial charge in [0, 0.05) is 11.4 Å². The van der Waals surface area contributed by atoms with E-state index >= 15 is 0 Å². The van der Waals surface area contributed by atoms with Gasteiger partial charge in [-0.1, -0.05) is 65.7 Å². The first-order valence-corrected chi connectivity index (χ1v) is 7.00. The fourth-order valence-electron chi connectivity index (χ4n) is 1.62. The maximum Gasteiger partial charge on any atom is 0.0645 e. The van der Waals surface area contributed by atoms with E-state index in [9.17, 15) is 0 Å². The summed E-state index contributed by atoms with van der Waals surface area (Å²) >= 11 is 0. The lowest BCUT2D eigenvalue weighted by Crippen LogP contribution is -2.11. The predicted molar refractivity (Wildman–Crippen MR) is 93.6 cm³/mol. The molecule has 0 heterocycles. The molecule has 0 aliphatic heterocycles. The van der Waals surface area contributed by atoms with Crippen molar-refractivity contribution in [3.05, 3.63) is 59.5 Å². The quantitative estimate of drug-likeness (QED) is 0.712. The zero-order valence-corrected chi connectivity index (χ0v) is 13.5. The minimum Gasteiger partial charge on any atom is -0.356 e. The van der Waals surface area contributed by atoms with Crippen LogP contribution in [0, 0.1) is 0 Å². The van der Waals surface area contributed by atoms with E-state index in [0.717, 1.165) is 0 Å². The lowest BCUT2D eigenvalue weighted by atomic mass is 9.87. The van der Waals surface area contributed by atoms with E-state index < -0.39 is 10.8 Å². The second-order valence-electron chi connectivity index (χ2n) is 7.12. The van der Waals surface area contributed by atoms with E-state index in [2.05, 4.69) is 5.32 Å². The first-order chi connectivity index (χ1) is 13.0.